The minimum Gasteiger partial charge on any atom is -0.487 e. The molecule has 112 valence electrons. The van der Waals surface area contributed by atoms with E-state index in [2.05, 4.69) is 15.9 Å². The van der Waals surface area contributed by atoms with E-state index in [0.29, 0.717) is 15.1 Å². The lowest BCUT2D eigenvalue weighted by molar-refractivity contribution is 0.295. The number of halogens is 2. The molecule has 0 radical (unpaired) electrons. The van der Waals surface area contributed by atoms with Crippen molar-refractivity contribution in [3.05, 3.63) is 57.0 Å². The van der Waals surface area contributed by atoms with Crippen LogP contribution in [0.3, 0.4) is 0 Å². The fourth-order valence-electron chi connectivity index (χ4n) is 1.83. The molecule has 0 heterocycles. The monoisotopic (exact) mass is 389 g/mol. The number of hydrogen-bond acceptors (Lipinski definition) is 3. The maximum absolute atomic E-state index is 11.7. The Labute approximate surface area is 137 Å². The van der Waals surface area contributed by atoms with Gasteiger partial charge in [-0.15, -0.1) is 0 Å². The molecule has 7 heteroatoms. The smallest absolute Gasteiger partial charge is 0.241 e. The Morgan fingerprint density at radius 1 is 1.24 bits per heavy atom. The van der Waals surface area contributed by atoms with Crippen molar-refractivity contribution >= 4 is 37.6 Å². The molecule has 0 amide bonds. The van der Waals surface area contributed by atoms with Crippen LogP contribution in [0, 0.1) is 6.92 Å². The van der Waals surface area contributed by atoms with Gasteiger partial charge in [0.2, 0.25) is 10.0 Å². The second kappa shape index (κ2) is 6.36. The Morgan fingerprint density at radius 2 is 1.86 bits per heavy atom. The predicted octanol–water partition coefficient (Wildman–Crippen LogP) is 3.64. The Bertz CT molecular complexity index is 761. The molecule has 0 aromatic heterocycles. The fraction of sp³-hybridized carbons (Fsp3) is 0.143. The van der Waals surface area contributed by atoms with Gasteiger partial charge in [-0.1, -0.05) is 39.7 Å². The Hall–Kier alpha value is -1.08. The third kappa shape index (κ3) is 4.20. The highest BCUT2D eigenvalue weighted by atomic mass is 79.9. The van der Waals surface area contributed by atoms with E-state index in [0.717, 1.165) is 5.56 Å². The van der Waals surface area contributed by atoms with Gasteiger partial charge in [-0.25, -0.2) is 13.6 Å². The number of primary sulfonamides is 1. The summed E-state index contributed by atoms with van der Waals surface area (Å²) in [7, 11) is -3.87. The zero-order valence-corrected chi connectivity index (χ0v) is 14.3. The largest absolute Gasteiger partial charge is 0.487 e. The average molecular weight is 391 g/mol. The van der Waals surface area contributed by atoms with Crippen molar-refractivity contribution in [2.45, 2.75) is 18.4 Å². The fourth-order valence-corrected chi connectivity index (χ4v) is 3.45. The van der Waals surface area contributed by atoms with E-state index in [1.807, 2.05) is 12.1 Å². The van der Waals surface area contributed by atoms with Crippen molar-refractivity contribution in [3.63, 3.8) is 0 Å². The van der Waals surface area contributed by atoms with Crippen LogP contribution in [0.1, 0.15) is 11.1 Å². The lowest BCUT2D eigenvalue weighted by atomic mass is 10.2. The molecule has 2 N–H and O–H groups in total. The van der Waals surface area contributed by atoms with Crippen LogP contribution in [0.4, 0.5) is 0 Å². The van der Waals surface area contributed by atoms with Crippen LogP contribution in [0.5, 0.6) is 5.75 Å². The second-order valence-corrected chi connectivity index (χ2v) is 7.39. The van der Waals surface area contributed by atoms with E-state index in [1.165, 1.54) is 6.07 Å². The SMILES string of the molecule is Cc1cc(Br)cc(S(N)(=O)=O)c1OCc1ccc(Cl)cc1. The molecule has 0 saturated carbocycles. The summed E-state index contributed by atoms with van der Waals surface area (Å²) >= 11 is 9.07. The quantitative estimate of drug-likeness (QED) is 0.866. The zero-order valence-electron chi connectivity index (χ0n) is 11.1. The topological polar surface area (TPSA) is 69.4 Å². The Morgan fingerprint density at radius 3 is 2.43 bits per heavy atom. The van der Waals surface area contributed by atoms with Gasteiger partial charge in [-0.2, -0.15) is 0 Å². The highest BCUT2D eigenvalue weighted by Crippen LogP contribution is 2.31. The molecule has 0 unspecified atom stereocenters. The molecule has 0 spiro atoms. The van der Waals surface area contributed by atoms with Gasteiger partial charge in [-0.05, 0) is 42.3 Å². The normalized spacial score (nSPS) is 11.4. The minimum absolute atomic E-state index is 0.0386. The van der Waals surface area contributed by atoms with Crippen LogP contribution in [0.15, 0.2) is 45.8 Å². The molecule has 0 aliphatic carbocycles. The summed E-state index contributed by atoms with van der Waals surface area (Å²) in [6.45, 7) is 1.98. The minimum atomic E-state index is -3.87. The van der Waals surface area contributed by atoms with Gasteiger partial charge in [0.25, 0.3) is 0 Å². The van der Waals surface area contributed by atoms with Gasteiger partial charge in [0.05, 0.1) is 0 Å². The molecule has 0 saturated heterocycles. The number of aryl methyl sites for hydroxylation is 1. The van der Waals surface area contributed by atoms with Gasteiger partial charge in [0, 0.05) is 9.50 Å². The first-order valence-corrected chi connectivity index (χ1v) is 8.69. The molecule has 2 aromatic carbocycles. The summed E-state index contributed by atoms with van der Waals surface area (Å²) in [5.74, 6) is 0.260. The first-order valence-electron chi connectivity index (χ1n) is 5.97. The van der Waals surface area contributed by atoms with Gasteiger partial charge in [-0.3, -0.25) is 0 Å². The third-order valence-electron chi connectivity index (χ3n) is 2.81. The van der Waals surface area contributed by atoms with Crippen molar-refractivity contribution < 1.29 is 13.2 Å². The number of benzene rings is 2. The first-order chi connectivity index (χ1) is 9.77. The molecule has 2 aromatic rings. The zero-order chi connectivity index (χ0) is 15.6. The van der Waals surface area contributed by atoms with Crippen molar-refractivity contribution in [2.75, 3.05) is 0 Å². The molecule has 21 heavy (non-hydrogen) atoms. The molecule has 0 aliphatic heterocycles. The van der Waals surface area contributed by atoms with Crippen LogP contribution in [-0.2, 0) is 16.6 Å². The number of sulfonamides is 1. The molecule has 0 aliphatic rings. The molecular formula is C14H13BrClNO3S. The van der Waals surface area contributed by atoms with Gasteiger partial charge >= 0.3 is 0 Å². The molecular weight excluding hydrogens is 378 g/mol. The lowest BCUT2D eigenvalue weighted by Gasteiger charge is -2.14. The maximum atomic E-state index is 11.7. The van der Waals surface area contributed by atoms with E-state index in [-0.39, 0.29) is 17.3 Å². The molecule has 4 nitrogen and oxygen atoms in total. The molecule has 2 rings (SSSR count). The van der Waals surface area contributed by atoms with Crippen molar-refractivity contribution in [2.24, 2.45) is 5.14 Å². The summed E-state index contributed by atoms with van der Waals surface area (Å²) < 4.78 is 29.6. The van der Waals surface area contributed by atoms with Crippen molar-refractivity contribution in [1.82, 2.24) is 0 Å². The average Bonchev–Trinajstić information content (AvgIpc) is 2.38. The summed E-state index contributed by atoms with van der Waals surface area (Å²) in [5.41, 5.74) is 1.56. The standard InChI is InChI=1S/C14H13BrClNO3S/c1-9-6-11(15)7-13(21(17,18)19)14(9)20-8-10-2-4-12(16)5-3-10/h2-7H,8H2,1H3,(H2,17,18,19). The van der Waals surface area contributed by atoms with Gasteiger partial charge < -0.3 is 4.74 Å². The van der Waals surface area contributed by atoms with Crippen LogP contribution in [0.25, 0.3) is 0 Å². The second-order valence-electron chi connectivity index (χ2n) is 4.51. The predicted molar refractivity (Wildman–Crippen MR) is 86.0 cm³/mol. The number of nitrogens with two attached hydrogens (primary N) is 1. The Balaban J connectivity index is 2.33. The van der Waals surface area contributed by atoms with E-state index >= 15 is 0 Å². The number of rotatable bonds is 4. The van der Waals surface area contributed by atoms with Gasteiger partial charge in [0.15, 0.2) is 0 Å². The summed E-state index contributed by atoms with van der Waals surface area (Å²) in [4.78, 5) is -0.0386. The number of ether oxygens (including phenoxy) is 1. The molecule has 0 atom stereocenters. The van der Waals surface area contributed by atoms with E-state index in [9.17, 15) is 8.42 Å². The van der Waals surface area contributed by atoms with Crippen molar-refractivity contribution in [3.8, 4) is 5.75 Å². The van der Waals surface area contributed by atoms with Gasteiger partial charge in [0.1, 0.15) is 17.3 Å². The van der Waals surface area contributed by atoms with Crippen molar-refractivity contribution in [1.29, 1.82) is 0 Å². The summed E-state index contributed by atoms with van der Waals surface area (Å²) in [5, 5.41) is 5.87. The molecule has 0 fully saturated rings. The van der Waals surface area contributed by atoms with Crippen LogP contribution in [-0.4, -0.2) is 8.42 Å². The van der Waals surface area contributed by atoms with E-state index in [1.54, 1.807) is 25.1 Å². The Kier molecular flexibility index (Phi) is 4.93. The van der Waals surface area contributed by atoms with E-state index < -0.39 is 10.0 Å². The van der Waals surface area contributed by atoms with Crippen LogP contribution >= 0.6 is 27.5 Å². The van der Waals surface area contributed by atoms with Crippen LogP contribution < -0.4 is 9.88 Å². The summed E-state index contributed by atoms with van der Waals surface area (Å²) in [6, 6.07) is 10.3. The highest BCUT2D eigenvalue weighted by Gasteiger charge is 2.18. The maximum Gasteiger partial charge on any atom is 0.241 e. The van der Waals surface area contributed by atoms with E-state index in [4.69, 9.17) is 21.5 Å². The number of hydrogen-bond donors (Lipinski definition) is 1. The first kappa shape index (κ1) is 16.3. The van der Waals surface area contributed by atoms with Crippen LogP contribution in [0.2, 0.25) is 5.02 Å². The summed E-state index contributed by atoms with van der Waals surface area (Å²) in [6.07, 6.45) is 0. The lowest BCUT2D eigenvalue weighted by Crippen LogP contribution is -2.14. The molecule has 0 bridgehead atoms. The third-order valence-corrected chi connectivity index (χ3v) is 4.43. The highest BCUT2D eigenvalue weighted by molar-refractivity contribution is 9.10.